The number of fused-ring (bicyclic) bond motifs is 1. The zero-order chi connectivity index (χ0) is 24.0. The molecule has 0 saturated heterocycles. The van der Waals surface area contributed by atoms with E-state index >= 15 is 0 Å². The van der Waals surface area contributed by atoms with Gasteiger partial charge in [-0.3, -0.25) is 9.59 Å². The summed E-state index contributed by atoms with van der Waals surface area (Å²) in [6.45, 7) is 1.75. The zero-order valence-electron chi connectivity index (χ0n) is 18.6. The number of benzene rings is 2. The van der Waals surface area contributed by atoms with Gasteiger partial charge in [0.05, 0.1) is 31.3 Å². The summed E-state index contributed by atoms with van der Waals surface area (Å²) in [5.74, 6) is 0.855. The van der Waals surface area contributed by atoms with Crippen molar-refractivity contribution in [2.45, 2.75) is 26.2 Å². The molecule has 2 aromatic carbocycles. The Balaban J connectivity index is 2.08. The van der Waals surface area contributed by atoms with Crippen molar-refractivity contribution in [3.8, 4) is 17.2 Å². The number of nitrogens with zero attached hydrogens (tertiary/aromatic N) is 3. The third-order valence-corrected chi connectivity index (χ3v) is 5.29. The molecule has 0 fully saturated rings. The molecule has 0 unspecified atom stereocenters. The van der Waals surface area contributed by atoms with Crippen molar-refractivity contribution in [3.05, 3.63) is 56.5 Å². The van der Waals surface area contributed by atoms with Crippen molar-refractivity contribution >= 4 is 39.0 Å². The fourth-order valence-corrected chi connectivity index (χ4v) is 3.56. The van der Waals surface area contributed by atoms with Crippen LogP contribution in [0.2, 0.25) is 0 Å². The number of amides is 1. The number of carbonyl (C=O) groups excluding carboxylic acids is 1. The highest BCUT2D eigenvalue weighted by Gasteiger charge is 2.15. The van der Waals surface area contributed by atoms with Gasteiger partial charge in [-0.05, 0) is 36.8 Å². The minimum atomic E-state index is -0.626. The highest BCUT2D eigenvalue weighted by molar-refractivity contribution is 9.10. The Labute approximate surface area is 199 Å². The summed E-state index contributed by atoms with van der Waals surface area (Å²) in [6.07, 6.45) is 3.96. The lowest BCUT2D eigenvalue weighted by Crippen LogP contribution is -2.22. The number of ether oxygens (including phenoxy) is 3. The first-order chi connectivity index (χ1) is 15.9. The Kier molecular flexibility index (Phi) is 8.05. The second kappa shape index (κ2) is 11.0. The Morgan fingerprint density at radius 2 is 1.91 bits per heavy atom. The van der Waals surface area contributed by atoms with Gasteiger partial charge in [0.15, 0.2) is 18.1 Å². The Morgan fingerprint density at radius 3 is 2.52 bits per heavy atom. The molecule has 3 aromatic rings. The topological polar surface area (TPSA) is 118 Å². The monoisotopic (exact) mass is 516 g/mol. The first-order valence-corrected chi connectivity index (χ1v) is 11.1. The molecule has 3 rings (SSSR count). The van der Waals surface area contributed by atoms with E-state index in [1.807, 2.05) is 12.1 Å². The number of halogens is 1. The average molecular weight is 517 g/mol. The molecule has 0 radical (unpaired) electrons. The van der Waals surface area contributed by atoms with Crippen molar-refractivity contribution in [1.29, 1.82) is 0 Å². The Morgan fingerprint density at radius 1 is 1.21 bits per heavy atom. The number of primary amides is 1. The van der Waals surface area contributed by atoms with E-state index < -0.39 is 5.91 Å². The van der Waals surface area contributed by atoms with Crippen LogP contribution in [0.1, 0.15) is 31.2 Å². The van der Waals surface area contributed by atoms with Gasteiger partial charge in [-0.25, -0.2) is 4.98 Å². The van der Waals surface area contributed by atoms with Crippen LogP contribution in [0.25, 0.3) is 10.9 Å². The standard InChI is InChI=1S/C23H25BrN4O5/c1-4-5-6-21-27-17-8-7-15(24)11-16(17)23(30)28(21)26-12-14-9-18(31-2)22(19(10-14)32-3)33-13-20(25)29/h7-12H,4-6,13H2,1-3H3,(H2,25,29). The maximum absolute atomic E-state index is 13.2. The Hall–Kier alpha value is -3.40. The molecule has 174 valence electrons. The van der Waals surface area contributed by atoms with E-state index in [1.54, 1.807) is 18.2 Å². The second-order valence-corrected chi connectivity index (χ2v) is 8.08. The molecule has 33 heavy (non-hydrogen) atoms. The summed E-state index contributed by atoms with van der Waals surface area (Å²) < 4.78 is 18.3. The van der Waals surface area contributed by atoms with E-state index in [-0.39, 0.29) is 17.9 Å². The maximum atomic E-state index is 13.2. The number of hydrogen-bond acceptors (Lipinski definition) is 7. The summed E-state index contributed by atoms with van der Waals surface area (Å²) in [7, 11) is 2.93. The molecule has 0 saturated carbocycles. The minimum Gasteiger partial charge on any atom is -0.493 e. The number of hydrogen-bond donors (Lipinski definition) is 1. The molecule has 0 aliphatic rings. The summed E-state index contributed by atoms with van der Waals surface area (Å²) in [5, 5.41) is 4.90. The van der Waals surface area contributed by atoms with Gasteiger partial charge >= 0.3 is 0 Å². The predicted molar refractivity (Wildman–Crippen MR) is 130 cm³/mol. The molecule has 0 atom stereocenters. The molecular weight excluding hydrogens is 492 g/mol. The summed E-state index contributed by atoms with van der Waals surface area (Å²) in [5.41, 5.74) is 6.13. The lowest BCUT2D eigenvalue weighted by atomic mass is 10.2. The number of carbonyl (C=O) groups is 1. The molecule has 0 aliphatic carbocycles. The molecule has 1 aromatic heterocycles. The fourth-order valence-electron chi connectivity index (χ4n) is 3.20. The largest absolute Gasteiger partial charge is 0.493 e. The van der Waals surface area contributed by atoms with Crippen LogP contribution in [-0.2, 0) is 11.2 Å². The predicted octanol–water partition coefficient (Wildman–Crippen LogP) is 3.27. The van der Waals surface area contributed by atoms with E-state index in [2.05, 4.69) is 32.9 Å². The lowest BCUT2D eigenvalue weighted by Gasteiger charge is -2.14. The molecule has 0 aliphatic heterocycles. The van der Waals surface area contributed by atoms with Crippen molar-refractivity contribution < 1.29 is 19.0 Å². The van der Waals surface area contributed by atoms with Crippen LogP contribution in [0.15, 0.2) is 44.7 Å². The van der Waals surface area contributed by atoms with Gasteiger partial charge in [0.25, 0.3) is 11.5 Å². The molecule has 1 amide bonds. The summed E-state index contributed by atoms with van der Waals surface area (Å²) in [4.78, 5) is 29.0. The maximum Gasteiger partial charge on any atom is 0.282 e. The average Bonchev–Trinajstić information content (AvgIpc) is 2.80. The lowest BCUT2D eigenvalue weighted by molar-refractivity contribution is -0.120. The number of nitrogens with two attached hydrogens (primary N) is 1. The first-order valence-electron chi connectivity index (χ1n) is 10.3. The van der Waals surface area contributed by atoms with Crippen LogP contribution in [-0.4, -0.2) is 42.6 Å². The van der Waals surface area contributed by atoms with E-state index in [9.17, 15) is 9.59 Å². The highest BCUT2D eigenvalue weighted by Crippen LogP contribution is 2.38. The Bertz CT molecular complexity index is 1230. The number of methoxy groups -OCH3 is 2. The minimum absolute atomic E-state index is 0.244. The van der Waals surface area contributed by atoms with Gasteiger partial charge in [-0.2, -0.15) is 9.78 Å². The normalized spacial score (nSPS) is 11.2. The molecule has 10 heteroatoms. The quantitative estimate of drug-likeness (QED) is 0.413. The van der Waals surface area contributed by atoms with E-state index in [1.165, 1.54) is 25.1 Å². The van der Waals surface area contributed by atoms with Crippen LogP contribution in [0.3, 0.4) is 0 Å². The van der Waals surface area contributed by atoms with Crippen molar-refractivity contribution in [1.82, 2.24) is 9.66 Å². The number of unbranched alkanes of at least 4 members (excludes halogenated alkanes) is 1. The summed E-state index contributed by atoms with van der Waals surface area (Å²) in [6, 6.07) is 8.71. The third kappa shape index (κ3) is 5.70. The van der Waals surface area contributed by atoms with Crippen LogP contribution in [0.4, 0.5) is 0 Å². The van der Waals surface area contributed by atoms with Crippen molar-refractivity contribution in [2.75, 3.05) is 20.8 Å². The molecular formula is C23H25BrN4O5. The second-order valence-electron chi connectivity index (χ2n) is 7.16. The van der Waals surface area contributed by atoms with Crippen LogP contribution in [0, 0.1) is 0 Å². The summed E-state index contributed by atoms with van der Waals surface area (Å²) >= 11 is 3.40. The molecule has 0 bridgehead atoms. The van der Waals surface area contributed by atoms with Gasteiger partial charge in [0, 0.05) is 16.5 Å². The zero-order valence-corrected chi connectivity index (χ0v) is 20.2. The fraction of sp³-hybridized carbons (Fsp3) is 0.304. The molecule has 9 nitrogen and oxygen atoms in total. The van der Waals surface area contributed by atoms with Gasteiger partial charge in [0.2, 0.25) is 5.75 Å². The molecule has 1 heterocycles. The van der Waals surface area contributed by atoms with Gasteiger partial charge in [-0.1, -0.05) is 29.3 Å². The van der Waals surface area contributed by atoms with Crippen molar-refractivity contribution in [3.63, 3.8) is 0 Å². The van der Waals surface area contributed by atoms with Gasteiger partial charge < -0.3 is 19.9 Å². The van der Waals surface area contributed by atoms with Crippen LogP contribution in [0.5, 0.6) is 17.2 Å². The SMILES string of the molecule is CCCCc1nc2ccc(Br)cc2c(=O)n1N=Cc1cc(OC)c(OCC(N)=O)c(OC)c1. The van der Waals surface area contributed by atoms with Crippen LogP contribution >= 0.6 is 15.9 Å². The van der Waals surface area contributed by atoms with Crippen molar-refractivity contribution in [2.24, 2.45) is 10.8 Å². The molecule has 2 N–H and O–H groups in total. The highest BCUT2D eigenvalue weighted by atomic mass is 79.9. The third-order valence-electron chi connectivity index (χ3n) is 4.79. The van der Waals surface area contributed by atoms with Gasteiger partial charge in [-0.15, -0.1) is 0 Å². The smallest absolute Gasteiger partial charge is 0.282 e. The molecule has 0 spiro atoms. The van der Waals surface area contributed by atoms with E-state index in [0.717, 1.165) is 17.3 Å². The van der Waals surface area contributed by atoms with E-state index in [0.29, 0.717) is 40.2 Å². The van der Waals surface area contributed by atoms with E-state index in [4.69, 9.17) is 19.9 Å². The first kappa shape index (κ1) is 24.2. The van der Waals surface area contributed by atoms with Gasteiger partial charge in [0.1, 0.15) is 5.82 Å². The number of rotatable bonds is 10. The number of aromatic nitrogens is 2. The number of aryl methyl sites for hydroxylation is 1. The van der Waals surface area contributed by atoms with Crippen LogP contribution < -0.4 is 25.5 Å².